The normalized spacial score (nSPS) is 11.5. The number of aromatic nitrogens is 1. The molecule has 0 aliphatic carbocycles. The van der Waals surface area contributed by atoms with Gasteiger partial charge in [0.15, 0.2) is 22.3 Å². The number of rotatable bonds is 6. The first kappa shape index (κ1) is 24.4. The molecule has 0 unspecified atom stereocenters. The van der Waals surface area contributed by atoms with Crippen LogP contribution < -0.4 is 10.5 Å². The summed E-state index contributed by atoms with van der Waals surface area (Å²) in [5.74, 6) is -4.37. The Morgan fingerprint density at radius 3 is 2.45 bits per heavy atom. The van der Waals surface area contributed by atoms with Crippen molar-refractivity contribution in [3.63, 3.8) is 0 Å². The molecule has 0 saturated heterocycles. The first-order valence-corrected chi connectivity index (χ1v) is 9.84. The van der Waals surface area contributed by atoms with E-state index in [1.54, 1.807) is 0 Å². The van der Waals surface area contributed by atoms with Crippen molar-refractivity contribution in [2.45, 2.75) is 20.0 Å². The second-order valence-corrected chi connectivity index (χ2v) is 6.57. The molecule has 0 aliphatic rings. The van der Waals surface area contributed by atoms with Crippen molar-refractivity contribution in [3.05, 3.63) is 76.3 Å². The predicted octanol–water partition coefficient (Wildman–Crippen LogP) is 5.73. The standard InChI is InChI=1S/C19H13BrF4N2O3.C2H6/c1-8(25)15-11(22)4-5-13(16(15)24)28-14(7-27)19-26-17(18(20)29-19)10-3-2-9(21)6-12(10)23;1-2/h2-6,14,27H,1,7,25H2;1-2H3/t14-;/m1./s1. The maximum absolute atomic E-state index is 14.5. The van der Waals surface area contributed by atoms with Crippen LogP contribution in [0.15, 0.2) is 46.0 Å². The van der Waals surface area contributed by atoms with Gasteiger partial charge in [-0.2, -0.15) is 0 Å². The highest BCUT2D eigenvalue weighted by molar-refractivity contribution is 9.10. The molecule has 3 aromatic rings. The zero-order valence-corrected chi connectivity index (χ0v) is 18.1. The quantitative estimate of drug-likeness (QED) is 0.420. The molecule has 0 saturated carbocycles. The fourth-order valence-electron chi connectivity index (χ4n) is 2.54. The number of ether oxygens (including phenoxy) is 1. The van der Waals surface area contributed by atoms with E-state index in [2.05, 4.69) is 27.5 Å². The Morgan fingerprint density at radius 1 is 1.19 bits per heavy atom. The number of halogens is 5. The number of oxazole rings is 1. The molecule has 10 heteroatoms. The average Bonchev–Trinajstić information content (AvgIpc) is 3.10. The Kier molecular flexibility index (Phi) is 8.23. The Morgan fingerprint density at radius 2 is 1.87 bits per heavy atom. The molecule has 1 aromatic heterocycles. The van der Waals surface area contributed by atoms with Gasteiger partial charge in [0.25, 0.3) is 0 Å². The van der Waals surface area contributed by atoms with Crippen molar-refractivity contribution in [2.24, 2.45) is 5.73 Å². The Hall–Kier alpha value is -2.85. The lowest BCUT2D eigenvalue weighted by Crippen LogP contribution is -2.14. The van der Waals surface area contributed by atoms with Crippen LogP contribution in [0.5, 0.6) is 5.75 Å². The van der Waals surface area contributed by atoms with Gasteiger partial charge in [-0.05, 0) is 40.2 Å². The molecule has 0 aliphatic heterocycles. The van der Waals surface area contributed by atoms with Gasteiger partial charge in [-0.1, -0.05) is 20.4 Å². The van der Waals surface area contributed by atoms with Gasteiger partial charge in [-0.3, -0.25) is 0 Å². The molecule has 0 fully saturated rings. The monoisotopic (exact) mass is 502 g/mol. The summed E-state index contributed by atoms with van der Waals surface area (Å²) in [4.78, 5) is 4.04. The van der Waals surface area contributed by atoms with Crippen LogP contribution in [-0.2, 0) is 0 Å². The number of aliphatic hydroxyl groups is 1. The van der Waals surface area contributed by atoms with Gasteiger partial charge in [0.2, 0.25) is 5.89 Å². The van der Waals surface area contributed by atoms with Gasteiger partial charge in [0, 0.05) is 17.3 Å². The summed E-state index contributed by atoms with van der Waals surface area (Å²) < 4.78 is 66.1. The largest absolute Gasteiger partial charge is 0.475 e. The zero-order chi connectivity index (χ0) is 23.3. The van der Waals surface area contributed by atoms with Gasteiger partial charge >= 0.3 is 0 Å². The molecule has 166 valence electrons. The van der Waals surface area contributed by atoms with Crippen LogP contribution in [0, 0.1) is 23.3 Å². The number of benzene rings is 2. The molecular formula is C21H19BrF4N2O3. The van der Waals surface area contributed by atoms with Crippen molar-refractivity contribution < 1.29 is 31.8 Å². The minimum Gasteiger partial charge on any atom is -0.475 e. The van der Waals surface area contributed by atoms with Gasteiger partial charge in [0.05, 0.1) is 12.2 Å². The number of nitrogens with two attached hydrogens (primary N) is 1. The van der Waals surface area contributed by atoms with E-state index in [0.29, 0.717) is 6.07 Å². The molecule has 2 aromatic carbocycles. The molecule has 3 N–H and O–H groups in total. The second-order valence-electron chi connectivity index (χ2n) is 5.85. The summed E-state index contributed by atoms with van der Waals surface area (Å²) >= 11 is 3.07. The van der Waals surface area contributed by atoms with E-state index >= 15 is 0 Å². The van der Waals surface area contributed by atoms with E-state index in [-0.39, 0.29) is 27.5 Å². The minimum absolute atomic E-state index is 0.0179. The Bertz CT molecular complexity index is 1090. The lowest BCUT2D eigenvalue weighted by molar-refractivity contribution is 0.0890. The summed E-state index contributed by atoms with van der Waals surface area (Å²) in [6, 6.07) is 4.79. The van der Waals surface area contributed by atoms with Crippen LogP contribution in [0.25, 0.3) is 17.0 Å². The maximum Gasteiger partial charge on any atom is 0.239 e. The SMILES string of the molecule is C=C(N)c1c(F)ccc(O[C@H](CO)c2nc(-c3ccc(F)cc3F)c(Br)o2)c1F.CC. The predicted molar refractivity (Wildman–Crippen MR) is 111 cm³/mol. The van der Waals surface area contributed by atoms with Gasteiger partial charge < -0.3 is 20.0 Å². The maximum atomic E-state index is 14.5. The average molecular weight is 503 g/mol. The molecule has 3 rings (SSSR count). The smallest absolute Gasteiger partial charge is 0.239 e. The highest BCUT2D eigenvalue weighted by Crippen LogP contribution is 2.35. The van der Waals surface area contributed by atoms with E-state index in [1.165, 1.54) is 0 Å². The number of nitrogens with zero attached hydrogens (tertiary/aromatic N) is 1. The molecule has 1 atom stereocenters. The molecule has 1 heterocycles. The summed E-state index contributed by atoms with van der Waals surface area (Å²) in [7, 11) is 0. The van der Waals surface area contributed by atoms with Gasteiger partial charge in [-0.25, -0.2) is 22.5 Å². The van der Waals surface area contributed by atoms with Crippen LogP contribution in [-0.4, -0.2) is 16.7 Å². The molecule has 0 amide bonds. The summed E-state index contributed by atoms with van der Waals surface area (Å²) in [6.45, 7) is 6.60. The number of aliphatic hydroxyl groups excluding tert-OH is 1. The Balaban J connectivity index is 0.00000166. The molecule has 0 spiro atoms. The van der Waals surface area contributed by atoms with E-state index in [1.807, 2.05) is 13.8 Å². The summed E-state index contributed by atoms with van der Waals surface area (Å²) in [5.41, 5.74) is 4.39. The van der Waals surface area contributed by atoms with Crippen molar-refractivity contribution in [1.82, 2.24) is 4.98 Å². The summed E-state index contributed by atoms with van der Waals surface area (Å²) in [5, 5.41) is 9.62. The first-order chi connectivity index (χ1) is 14.7. The van der Waals surface area contributed by atoms with Crippen molar-refractivity contribution >= 4 is 21.6 Å². The van der Waals surface area contributed by atoms with E-state index < -0.39 is 47.3 Å². The van der Waals surface area contributed by atoms with E-state index in [9.17, 15) is 22.7 Å². The number of hydrogen-bond donors (Lipinski definition) is 2. The van der Waals surface area contributed by atoms with E-state index in [4.69, 9.17) is 14.9 Å². The minimum atomic E-state index is -1.32. The van der Waals surface area contributed by atoms with Crippen LogP contribution in [0.2, 0.25) is 0 Å². The second kappa shape index (κ2) is 10.5. The zero-order valence-electron chi connectivity index (χ0n) is 16.6. The molecule has 5 nitrogen and oxygen atoms in total. The van der Waals surface area contributed by atoms with Crippen molar-refractivity contribution in [3.8, 4) is 17.0 Å². The van der Waals surface area contributed by atoms with Crippen LogP contribution >= 0.6 is 15.9 Å². The third-order valence-electron chi connectivity index (χ3n) is 3.88. The van der Waals surface area contributed by atoms with Crippen LogP contribution in [0.4, 0.5) is 17.6 Å². The van der Waals surface area contributed by atoms with Gasteiger partial charge in [-0.15, -0.1) is 0 Å². The number of hydrogen-bond acceptors (Lipinski definition) is 5. The third kappa shape index (κ3) is 5.26. The van der Waals surface area contributed by atoms with Gasteiger partial charge in [0.1, 0.15) is 23.1 Å². The molecular weight excluding hydrogens is 484 g/mol. The highest BCUT2D eigenvalue weighted by atomic mass is 79.9. The third-order valence-corrected chi connectivity index (χ3v) is 4.41. The molecule has 31 heavy (non-hydrogen) atoms. The topological polar surface area (TPSA) is 81.5 Å². The van der Waals surface area contributed by atoms with Crippen LogP contribution in [0.3, 0.4) is 0 Å². The lowest BCUT2D eigenvalue weighted by Gasteiger charge is -2.16. The fourth-order valence-corrected chi connectivity index (χ4v) is 3.01. The van der Waals surface area contributed by atoms with Crippen molar-refractivity contribution in [2.75, 3.05) is 6.61 Å². The highest BCUT2D eigenvalue weighted by Gasteiger charge is 2.26. The Labute approximate surface area is 184 Å². The summed E-state index contributed by atoms with van der Waals surface area (Å²) in [6.07, 6.45) is -1.32. The van der Waals surface area contributed by atoms with Crippen molar-refractivity contribution in [1.29, 1.82) is 0 Å². The lowest BCUT2D eigenvalue weighted by atomic mass is 10.1. The van der Waals surface area contributed by atoms with Crippen LogP contribution in [0.1, 0.15) is 31.4 Å². The molecule has 0 radical (unpaired) electrons. The van der Waals surface area contributed by atoms with E-state index in [0.717, 1.165) is 24.3 Å². The fraction of sp³-hybridized carbons (Fsp3) is 0.190. The first-order valence-electron chi connectivity index (χ1n) is 9.04. The molecule has 0 bridgehead atoms.